The molecule has 1 aliphatic carbocycles. The average Bonchev–Trinajstić information content (AvgIpc) is 2.60. The number of hydrogen-bond acceptors (Lipinski definition) is 4. The molecule has 3 atom stereocenters. The van der Waals surface area contributed by atoms with Crippen LogP contribution in [0.15, 0.2) is 30.3 Å². The van der Waals surface area contributed by atoms with Gasteiger partial charge in [-0.15, -0.1) is 0 Å². The molecule has 134 valence electrons. The lowest BCUT2D eigenvalue weighted by Crippen LogP contribution is -2.36. The van der Waals surface area contributed by atoms with Crippen LogP contribution >= 0.6 is 0 Å². The molecule has 1 aromatic rings. The van der Waals surface area contributed by atoms with Gasteiger partial charge in [0, 0.05) is 31.9 Å². The Bertz CT molecular complexity index is 638. The Morgan fingerprint density at radius 3 is 2.72 bits per heavy atom. The van der Waals surface area contributed by atoms with Crippen molar-refractivity contribution in [3.8, 4) is 0 Å². The van der Waals surface area contributed by atoms with Gasteiger partial charge in [0.05, 0.1) is 0 Å². The van der Waals surface area contributed by atoms with Crippen LogP contribution in [-0.4, -0.2) is 31.2 Å². The van der Waals surface area contributed by atoms with Gasteiger partial charge in [-0.1, -0.05) is 12.1 Å². The summed E-state index contributed by atoms with van der Waals surface area (Å²) in [5, 5.41) is 2.71. The molecule has 1 saturated carbocycles. The second-order valence-corrected chi connectivity index (χ2v) is 6.89. The Hall–Kier alpha value is -2.14. The maximum atomic E-state index is 12.1. The fraction of sp³-hybridized carbons (Fsp3) is 0.500. The van der Waals surface area contributed by atoms with E-state index in [4.69, 9.17) is 9.47 Å². The summed E-state index contributed by atoms with van der Waals surface area (Å²) in [6, 6.07) is 7.31. The zero-order valence-electron chi connectivity index (χ0n) is 14.6. The van der Waals surface area contributed by atoms with E-state index < -0.39 is 0 Å². The molecule has 3 rings (SSSR count). The molecule has 0 bridgehead atoms. The number of carbonyl (C=O) groups is 2. The predicted octanol–water partition coefficient (Wildman–Crippen LogP) is 3.41. The van der Waals surface area contributed by atoms with E-state index in [0.717, 1.165) is 50.1 Å². The molecule has 5 heteroatoms. The van der Waals surface area contributed by atoms with E-state index in [2.05, 4.69) is 5.32 Å². The SMILES string of the molecule is CC(=O)Nc1ccc(C=CC(=O)OC2CCC3COCCC3C2)cc1. The van der Waals surface area contributed by atoms with Crippen LogP contribution in [0.1, 0.15) is 38.2 Å². The van der Waals surface area contributed by atoms with E-state index in [0.29, 0.717) is 11.8 Å². The number of benzene rings is 1. The molecule has 0 spiro atoms. The third-order valence-electron chi connectivity index (χ3n) is 4.98. The second-order valence-electron chi connectivity index (χ2n) is 6.89. The van der Waals surface area contributed by atoms with Crippen LogP contribution < -0.4 is 5.32 Å². The number of fused-ring (bicyclic) bond motifs is 1. The van der Waals surface area contributed by atoms with Crippen LogP contribution in [0.2, 0.25) is 0 Å². The van der Waals surface area contributed by atoms with E-state index in [1.54, 1.807) is 18.2 Å². The maximum absolute atomic E-state index is 12.1. The Morgan fingerprint density at radius 2 is 1.96 bits per heavy atom. The van der Waals surface area contributed by atoms with Crippen molar-refractivity contribution in [2.24, 2.45) is 11.8 Å². The molecule has 5 nitrogen and oxygen atoms in total. The summed E-state index contributed by atoms with van der Waals surface area (Å²) in [5.41, 5.74) is 1.62. The molecule has 1 heterocycles. The van der Waals surface area contributed by atoms with Gasteiger partial charge in [-0.3, -0.25) is 4.79 Å². The number of hydrogen-bond donors (Lipinski definition) is 1. The van der Waals surface area contributed by atoms with Crippen LogP contribution in [-0.2, 0) is 19.1 Å². The lowest BCUT2D eigenvalue weighted by atomic mass is 9.75. The topological polar surface area (TPSA) is 64.6 Å². The van der Waals surface area contributed by atoms with Crippen molar-refractivity contribution in [1.29, 1.82) is 0 Å². The monoisotopic (exact) mass is 343 g/mol. The summed E-state index contributed by atoms with van der Waals surface area (Å²) in [5.74, 6) is 0.875. The summed E-state index contributed by atoms with van der Waals surface area (Å²) in [6.07, 6.45) is 7.28. The number of amides is 1. The highest BCUT2D eigenvalue weighted by molar-refractivity contribution is 5.89. The molecule has 1 aliphatic heterocycles. The molecule has 2 fully saturated rings. The maximum Gasteiger partial charge on any atom is 0.331 e. The summed E-state index contributed by atoms with van der Waals surface area (Å²) >= 11 is 0. The second kappa shape index (κ2) is 8.30. The molecule has 1 saturated heterocycles. The number of rotatable bonds is 4. The van der Waals surface area contributed by atoms with Crippen molar-refractivity contribution in [1.82, 2.24) is 0 Å². The Labute approximate surface area is 148 Å². The Balaban J connectivity index is 1.48. The van der Waals surface area contributed by atoms with Crippen molar-refractivity contribution in [2.45, 2.75) is 38.7 Å². The minimum Gasteiger partial charge on any atom is -0.459 e. The minimum absolute atomic E-state index is 0.0265. The van der Waals surface area contributed by atoms with E-state index in [1.807, 2.05) is 12.1 Å². The molecule has 0 aromatic heterocycles. The predicted molar refractivity (Wildman–Crippen MR) is 95.9 cm³/mol. The normalized spacial score (nSPS) is 26.0. The fourth-order valence-electron chi connectivity index (χ4n) is 3.68. The zero-order valence-corrected chi connectivity index (χ0v) is 14.6. The van der Waals surface area contributed by atoms with Crippen molar-refractivity contribution < 1.29 is 19.1 Å². The summed E-state index contributed by atoms with van der Waals surface area (Å²) < 4.78 is 11.1. The number of anilines is 1. The van der Waals surface area contributed by atoms with Gasteiger partial charge in [0.15, 0.2) is 0 Å². The first-order chi connectivity index (χ1) is 12.1. The standard InChI is InChI=1S/C20H25NO4/c1-14(22)21-18-6-2-15(3-7-18)4-9-20(23)25-19-8-5-17-13-24-11-10-16(17)12-19/h2-4,6-7,9,16-17,19H,5,8,10-13H2,1H3,(H,21,22). The van der Waals surface area contributed by atoms with Crippen LogP contribution in [0.25, 0.3) is 6.08 Å². The molecule has 25 heavy (non-hydrogen) atoms. The van der Waals surface area contributed by atoms with Gasteiger partial charge < -0.3 is 14.8 Å². The largest absolute Gasteiger partial charge is 0.459 e. The van der Waals surface area contributed by atoms with Gasteiger partial charge in [0.1, 0.15) is 6.10 Å². The zero-order chi connectivity index (χ0) is 17.6. The summed E-state index contributed by atoms with van der Waals surface area (Å²) in [6.45, 7) is 3.16. The van der Waals surface area contributed by atoms with Crippen molar-refractivity contribution in [3.05, 3.63) is 35.9 Å². The van der Waals surface area contributed by atoms with Crippen LogP contribution in [0, 0.1) is 11.8 Å². The van der Waals surface area contributed by atoms with Crippen molar-refractivity contribution in [2.75, 3.05) is 18.5 Å². The fourth-order valence-corrected chi connectivity index (χ4v) is 3.68. The van der Waals surface area contributed by atoms with Gasteiger partial charge in [-0.2, -0.15) is 0 Å². The third kappa shape index (κ3) is 5.16. The molecule has 1 N–H and O–H groups in total. The van der Waals surface area contributed by atoms with E-state index in [9.17, 15) is 9.59 Å². The highest BCUT2D eigenvalue weighted by Gasteiger charge is 2.34. The summed E-state index contributed by atoms with van der Waals surface area (Å²) in [7, 11) is 0. The van der Waals surface area contributed by atoms with Gasteiger partial charge in [-0.25, -0.2) is 4.79 Å². The smallest absolute Gasteiger partial charge is 0.331 e. The summed E-state index contributed by atoms with van der Waals surface area (Å²) in [4.78, 5) is 23.1. The van der Waals surface area contributed by atoms with Crippen molar-refractivity contribution in [3.63, 3.8) is 0 Å². The first-order valence-electron chi connectivity index (χ1n) is 8.94. The first-order valence-corrected chi connectivity index (χ1v) is 8.94. The first kappa shape index (κ1) is 17.7. The Kier molecular flexibility index (Phi) is 5.87. The molecular weight excluding hydrogens is 318 g/mol. The van der Waals surface area contributed by atoms with Gasteiger partial charge >= 0.3 is 5.97 Å². The van der Waals surface area contributed by atoms with Crippen LogP contribution in [0.3, 0.4) is 0 Å². The van der Waals surface area contributed by atoms with Gasteiger partial charge in [0.2, 0.25) is 5.91 Å². The highest BCUT2D eigenvalue weighted by atomic mass is 16.5. The van der Waals surface area contributed by atoms with E-state index in [-0.39, 0.29) is 18.0 Å². The highest BCUT2D eigenvalue weighted by Crippen LogP contribution is 2.36. The average molecular weight is 343 g/mol. The molecule has 3 unspecified atom stereocenters. The van der Waals surface area contributed by atoms with E-state index in [1.165, 1.54) is 13.0 Å². The number of ether oxygens (including phenoxy) is 2. The minimum atomic E-state index is -0.290. The molecule has 2 aliphatic rings. The van der Waals surface area contributed by atoms with Gasteiger partial charge in [0.25, 0.3) is 0 Å². The lowest BCUT2D eigenvalue weighted by Gasteiger charge is -2.38. The van der Waals surface area contributed by atoms with E-state index >= 15 is 0 Å². The lowest BCUT2D eigenvalue weighted by molar-refractivity contribution is -0.147. The van der Waals surface area contributed by atoms with Gasteiger partial charge in [-0.05, 0) is 61.3 Å². The molecule has 1 amide bonds. The number of esters is 1. The number of nitrogens with one attached hydrogen (secondary N) is 1. The molecule has 0 radical (unpaired) electrons. The van der Waals surface area contributed by atoms with Crippen LogP contribution in [0.4, 0.5) is 5.69 Å². The number of carbonyl (C=O) groups excluding carboxylic acids is 2. The molecule has 1 aromatic carbocycles. The van der Waals surface area contributed by atoms with Crippen molar-refractivity contribution >= 4 is 23.6 Å². The quantitative estimate of drug-likeness (QED) is 0.672. The van der Waals surface area contributed by atoms with Crippen LogP contribution in [0.5, 0.6) is 0 Å². The molecular formula is C20H25NO4. The third-order valence-corrected chi connectivity index (χ3v) is 4.98. The Morgan fingerprint density at radius 1 is 1.16 bits per heavy atom.